The first kappa shape index (κ1) is 11.6. The number of ether oxygens (including phenoxy) is 1. The molecule has 0 aliphatic heterocycles. The minimum atomic E-state index is -0.900. The number of rotatable bonds is 5. The fourth-order valence-corrected chi connectivity index (χ4v) is 1.60. The van der Waals surface area contributed by atoms with E-state index < -0.39 is 12.0 Å². The van der Waals surface area contributed by atoms with Gasteiger partial charge in [0.2, 0.25) is 6.41 Å². The summed E-state index contributed by atoms with van der Waals surface area (Å²) in [5.41, 5.74) is 5.98. The van der Waals surface area contributed by atoms with Crippen molar-refractivity contribution in [1.29, 1.82) is 0 Å². The number of amides is 1. The van der Waals surface area contributed by atoms with Crippen molar-refractivity contribution >= 4 is 28.8 Å². The molecule has 1 aromatic rings. The number of nitrogens with two attached hydrogens (primary N) is 1. The van der Waals surface area contributed by atoms with E-state index in [0.717, 1.165) is 0 Å². The summed E-state index contributed by atoms with van der Waals surface area (Å²) >= 11 is 1.20. The van der Waals surface area contributed by atoms with Crippen LogP contribution in [-0.2, 0) is 14.3 Å². The standard InChI is InChI=1S/C8H11N3O3S/c1-2-14-7(13)6(9)5-3-15-8(11-5)10-4-12/h3-4,6H,2,9H2,1H3,(H,10,11,12). The molecular formula is C8H11N3O3S. The monoisotopic (exact) mass is 229 g/mol. The number of carbonyl (C=O) groups is 2. The number of aromatic nitrogens is 1. The second-order valence-electron chi connectivity index (χ2n) is 2.57. The predicted molar refractivity (Wildman–Crippen MR) is 55.4 cm³/mol. The first-order valence-electron chi connectivity index (χ1n) is 4.26. The van der Waals surface area contributed by atoms with Gasteiger partial charge in [0.05, 0.1) is 12.3 Å². The molecule has 0 saturated heterocycles. The summed E-state index contributed by atoms with van der Waals surface area (Å²) in [7, 11) is 0. The normalized spacial score (nSPS) is 11.9. The van der Waals surface area contributed by atoms with E-state index in [9.17, 15) is 9.59 Å². The molecular weight excluding hydrogens is 218 g/mol. The van der Waals surface area contributed by atoms with Crippen molar-refractivity contribution in [2.45, 2.75) is 13.0 Å². The molecule has 1 aromatic heterocycles. The van der Waals surface area contributed by atoms with Gasteiger partial charge in [-0.2, -0.15) is 0 Å². The molecule has 0 aliphatic rings. The third-order valence-electron chi connectivity index (χ3n) is 1.56. The predicted octanol–water partition coefficient (Wildman–Crippen LogP) is 0.274. The van der Waals surface area contributed by atoms with Crippen LogP contribution < -0.4 is 11.1 Å². The number of nitrogens with zero attached hydrogens (tertiary/aromatic N) is 1. The van der Waals surface area contributed by atoms with E-state index in [0.29, 0.717) is 17.2 Å². The number of esters is 1. The van der Waals surface area contributed by atoms with Crippen LogP contribution in [0.25, 0.3) is 0 Å². The SMILES string of the molecule is CCOC(=O)C(N)c1csc(NC=O)n1. The lowest BCUT2D eigenvalue weighted by atomic mass is 10.2. The van der Waals surface area contributed by atoms with Gasteiger partial charge in [-0.1, -0.05) is 0 Å². The van der Waals surface area contributed by atoms with Crippen LogP contribution in [-0.4, -0.2) is 24.0 Å². The summed E-state index contributed by atoms with van der Waals surface area (Å²) in [4.78, 5) is 25.3. The Morgan fingerprint density at radius 1 is 1.87 bits per heavy atom. The number of nitrogens with one attached hydrogen (secondary N) is 1. The van der Waals surface area contributed by atoms with Gasteiger partial charge in [0.15, 0.2) is 5.13 Å². The van der Waals surface area contributed by atoms with Gasteiger partial charge in [0, 0.05) is 5.38 Å². The highest BCUT2D eigenvalue weighted by Gasteiger charge is 2.19. The van der Waals surface area contributed by atoms with Crippen LogP contribution in [0.5, 0.6) is 0 Å². The number of carbonyl (C=O) groups excluding carboxylic acids is 2. The molecule has 0 saturated carbocycles. The van der Waals surface area contributed by atoms with Gasteiger partial charge in [0.1, 0.15) is 6.04 Å². The molecule has 0 bridgehead atoms. The molecule has 82 valence electrons. The fourth-order valence-electron chi connectivity index (χ4n) is 0.898. The first-order chi connectivity index (χ1) is 7.19. The Morgan fingerprint density at radius 3 is 3.20 bits per heavy atom. The van der Waals surface area contributed by atoms with Gasteiger partial charge in [-0.3, -0.25) is 4.79 Å². The quantitative estimate of drug-likeness (QED) is 0.558. The van der Waals surface area contributed by atoms with E-state index in [1.807, 2.05) is 0 Å². The second-order valence-corrected chi connectivity index (χ2v) is 3.43. The van der Waals surface area contributed by atoms with E-state index in [2.05, 4.69) is 10.3 Å². The number of hydrogen-bond acceptors (Lipinski definition) is 6. The molecule has 3 N–H and O–H groups in total. The second kappa shape index (κ2) is 5.42. The van der Waals surface area contributed by atoms with E-state index >= 15 is 0 Å². The Balaban J connectivity index is 2.68. The summed E-state index contributed by atoms with van der Waals surface area (Å²) in [6.45, 7) is 1.97. The molecule has 1 heterocycles. The maximum atomic E-state index is 11.2. The van der Waals surface area contributed by atoms with Crippen LogP contribution in [0.15, 0.2) is 5.38 Å². The molecule has 1 rings (SSSR count). The summed E-state index contributed by atoms with van der Waals surface area (Å²) in [6.07, 6.45) is 0.512. The van der Waals surface area contributed by atoms with E-state index in [1.165, 1.54) is 11.3 Å². The Kier molecular flexibility index (Phi) is 4.19. The van der Waals surface area contributed by atoms with Gasteiger partial charge < -0.3 is 15.8 Å². The summed E-state index contributed by atoms with van der Waals surface area (Å²) in [5.74, 6) is -0.527. The maximum Gasteiger partial charge on any atom is 0.329 e. The summed E-state index contributed by atoms with van der Waals surface area (Å²) in [6, 6.07) is -0.900. The highest BCUT2D eigenvalue weighted by molar-refractivity contribution is 7.13. The topological polar surface area (TPSA) is 94.3 Å². The van der Waals surface area contributed by atoms with Crippen molar-refractivity contribution in [3.05, 3.63) is 11.1 Å². The van der Waals surface area contributed by atoms with Crippen molar-refractivity contribution in [3.8, 4) is 0 Å². The molecule has 0 aromatic carbocycles. The Bertz CT molecular complexity index is 353. The highest BCUT2D eigenvalue weighted by Crippen LogP contribution is 2.19. The molecule has 1 unspecified atom stereocenters. The zero-order valence-corrected chi connectivity index (χ0v) is 8.91. The maximum absolute atomic E-state index is 11.2. The smallest absolute Gasteiger partial charge is 0.329 e. The molecule has 1 amide bonds. The summed E-state index contributed by atoms with van der Waals surface area (Å²) in [5, 5.41) is 4.38. The van der Waals surface area contributed by atoms with Crippen LogP contribution in [0.3, 0.4) is 0 Å². The van der Waals surface area contributed by atoms with Crippen molar-refractivity contribution in [2.75, 3.05) is 11.9 Å². The summed E-state index contributed by atoms with van der Waals surface area (Å²) < 4.78 is 4.74. The lowest BCUT2D eigenvalue weighted by Crippen LogP contribution is -2.24. The van der Waals surface area contributed by atoms with Crippen molar-refractivity contribution in [2.24, 2.45) is 5.73 Å². The van der Waals surface area contributed by atoms with Crippen LogP contribution in [0.2, 0.25) is 0 Å². The average molecular weight is 229 g/mol. The van der Waals surface area contributed by atoms with Crippen LogP contribution in [0.4, 0.5) is 5.13 Å². The van der Waals surface area contributed by atoms with Crippen LogP contribution >= 0.6 is 11.3 Å². The third-order valence-corrected chi connectivity index (χ3v) is 2.36. The number of thiazole rings is 1. The Labute approximate surface area is 90.4 Å². The Morgan fingerprint density at radius 2 is 2.60 bits per heavy atom. The van der Waals surface area contributed by atoms with Gasteiger partial charge in [-0.15, -0.1) is 11.3 Å². The minimum absolute atomic E-state index is 0.274. The largest absolute Gasteiger partial charge is 0.465 e. The fraction of sp³-hybridized carbons (Fsp3) is 0.375. The molecule has 0 fully saturated rings. The van der Waals surface area contributed by atoms with E-state index in [-0.39, 0.29) is 6.61 Å². The molecule has 0 aliphatic carbocycles. The van der Waals surface area contributed by atoms with E-state index in [1.54, 1.807) is 12.3 Å². The molecule has 6 nitrogen and oxygen atoms in total. The van der Waals surface area contributed by atoms with Gasteiger partial charge in [0.25, 0.3) is 0 Å². The molecule has 0 spiro atoms. The molecule has 1 atom stereocenters. The van der Waals surface area contributed by atoms with Crippen LogP contribution in [0, 0.1) is 0 Å². The van der Waals surface area contributed by atoms with Gasteiger partial charge >= 0.3 is 5.97 Å². The van der Waals surface area contributed by atoms with Crippen molar-refractivity contribution in [3.63, 3.8) is 0 Å². The average Bonchev–Trinajstić information content (AvgIpc) is 2.66. The van der Waals surface area contributed by atoms with E-state index in [4.69, 9.17) is 10.5 Å². The zero-order valence-electron chi connectivity index (χ0n) is 8.10. The zero-order chi connectivity index (χ0) is 11.3. The van der Waals surface area contributed by atoms with Gasteiger partial charge in [-0.25, -0.2) is 9.78 Å². The van der Waals surface area contributed by atoms with Gasteiger partial charge in [-0.05, 0) is 6.92 Å². The molecule has 0 radical (unpaired) electrons. The third kappa shape index (κ3) is 3.00. The first-order valence-corrected chi connectivity index (χ1v) is 5.14. The molecule has 7 heteroatoms. The Hall–Kier alpha value is -1.47. The van der Waals surface area contributed by atoms with Crippen molar-refractivity contribution in [1.82, 2.24) is 4.98 Å². The lowest BCUT2D eigenvalue weighted by Gasteiger charge is -2.06. The number of hydrogen-bond donors (Lipinski definition) is 2. The van der Waals surface area contributed by atoms with Crippen molar-refractivity contribution < 1.29 is 14.3 Å². The highest BCUT2D eigenvalue weighted by atomic mass is 32.1. The molecule has 15 heavy (non-hydrogen) atoms. The lowest BCUT2D eigenvalue weighted by molar-refractivity contribution is -0.144. The van der Waals surface area contributed by atoms with Crippen LogP contribution in [0.1, 0.15) is 18.7 Å². The minimum Gasteiger partial charge on any atom is -0.465 e. The number of anilines is 1.